The molecular formula is C16H26N2O2. The molecule has 0 saturated carbocycles. The molecule has 20 heavy (non-hydrogen) atoms. The molecule has 0 aromatic heterocycles. The van der Waals surface area contributed by atoms with Crippen LogP contribution in [0.1, 0.15) is 37.0 Å². The topological polar surface area (TPSA) is 64.3 Å². The van der Waals surface area contributed by atoms with Crippen LogP contribution in [0.15, 0.2) is 12.1 Å². The normalized spacial score (nSPS) is 13.8. The van der Waals surface area contributed by atoms with Crippen molar-refractivity contribution in [2.75, 3.05) is 13.2 Å². The van der Waals surface area contributed by atoms with E-state index in [1.54, 1.807) is 0 Å². The zero-order chi connectivity index (χ0) is 15.3. The Labute approximate surface area is 121 Å². The molecule has 0 fully saturated rings. The second-order valence-corrected chi connectivity index (χ2v) is 5.55. The molecule has 0 heterocycles. The maximum Gasteiger partial charge on any atom is 0.237 e. The molecule has 1 rings (SSSR count). The molecule has 112 valence electrons. The number of carbonyl (C=O) groups is 1. The van der Waals surface area contributed by atoms with Gasteiger partial charge >= 0.3 is 0 Å². The molecule has 1 amide bonds. The van der Waals surface area contributed by atoms with Crippen molar-refractivity contribution in [2.45, 2.75) is 46.6 Å². The molecule has 1 atom stereocenters. The monoisotopic (exact) mass is 278 g/mol. The van der Waals surface area contributed by atoms with Crippen molar-refractivity contribution in [3.63, 3.8) is 0 Å². The molecule has 0 spiro atoms. The fourth-order valence-electron chi connectivity index (χ4n) is 2.44. The fourth-order valence-corrected chi connectivity index (χ4v) is 2.44. The van der Waals surface area contributed by atoms with Crippen molar-refractivity contribution >= 4 is 5.91 Å². The van der Waals surface area contributed by atoms with Gasteiger partial charge in [0.25, 0.3) is 0 Å². The summed E-state index contributed by atoms with van der Waals surface area (Å²) in [7, 11) is 0. The summed E-state index contributed by atoms with van der Waals surface area (Å²) in [6.07, 6.45) is 0.545. The van der Waals surface area contributed by atoms with E-state index < -0.39 is 5.54 Å². The van der Waals surface area contributed by atoms with Crippen LogP contribution in [0.4, 0.5) is 0 Å². The zero-order valence-electron chi connectivity index (χ0n) is 13.2. The molecule has 0 saturated heterocycles. The quantitative estimate of drug-likeness (QED) is 0.804. The minimum Gasteiger partial charge on any atom is -0.493 e. The van der Waals surface area contributed by atoms with Crippen LogP contribution in [0.5, 0.6) is 5.75 Å². The molecule has 1 aromatic rings. The van der Waals surface area contributed by atoms with E-state index in [0.29, 0.717) is 19.6 Å². The van der Waals surface area contributed by atoms with Crippen molar-refractivity contribution in [3.05, 3.63) is 28.8 Å². The van der Waals surface area contributed by atoms with E-state index in [4.69, 9.17) is 10.5 Å². The Morgan fingerprint density at radius 3 is 2.30 bits per heavy atom. The Morgan fingerprint density at radius 1 is 1.30 bits per heavy atom. The predicted molar refractivity (Wildman–Crippen MR) is 82.0 cm³/mol. The van der Waals surface area contributed by atoms with Crippen LogP contribution in [-0.4, -0.2) is 24.6 Å². The lowest BCUT2D eigenvalue weighted by Gasteiger charge is -2.27. The van der Waals surface area contributed by atoms with Gasteiger partial charge in [-0.3, -0.25) is 4.79 Å². The van der Waals surface area contributed by atoms with Crippen LogP contribution < -0.4 is 15.8 Å². The van der Waals surface area contributed by atoms with Gasteiger partial charge in [-0.25, -0.2) is 0 Å². The Kier molecular flexibility index (Phi) is 5.57. The number of nitrogens with one attached hydrogen (secondary N) is 1. The number of nitrogens with two attached hydrogens (primary N) is 1. The Hall–Kier alpha value is -1.55. The molecule has 0 aliphatic heterocycles. The highest BCUT2D eigenvalue weighted by molar-refractivity contribution is 5.84. The Bertz CT molecular complexity index is 462. The molecule has 1 unspecified atom stereocenters. The lowest BCUT2D eigenvalue weighted by Crippen LogP contribution is -2.53. The highest BCUT2D eigenvalue weighted by atomic mass is 16.5. The summed E-state index contributed by atoms with van der Waals surface area (Å²) < 4.78 is 5.87. The third-order valence-corrected chi connectivity index (χ3v) is 3.56. The highest BCUT2D eigenvalue weighted by Gasteiger charge is 2.29. The van der Waals surface area contributed by atoms with Gasteiger partial charge in [-0.15, -0.1) is 0 Å². The van der Waals surface area contributed by atoms with Crippen molar-refractivity contribution in [1.29, 1.82) is 0 Å². The van der Waals surface area contributed by atoms with Gasteiger partial charge in [-0.2, -0.15) is 0 Å². The number of hydrogen-bond donors (Lipinski definition) is 2. The van der Waals surface area contributed by atoms with Crippen molar-refractivity contribution < 1.29 is 9.53 Å². The number of rotatable bonds is 7. The second kappa shape index (κ2) is 6.75. The maximum atomic E-state index is 11.5. The number of amides is 1. The smallest absolute Gasteiger partial charge is 0.237 e. The standard InChI is InChI=1S/C16H26N2O2/c1-6-18-16(5,15(17)19)7-8-20-14-12(3)9-11(2)10-13(14)4/h9-10,18H,6-8H2,1-5H3,(H2,17,19). The van der Waals surface area contributed by atoms with E-state index in [2.05, 4.69) is 24.4 Å². The highest BCUT2D eigenvalue weighted by Crippen LogP contribution is 2.25. The number of carbonyl (C=O) groups excluding carboxylic acids is 1. The first-order chi connectivity index (χ1) is 9.30. The van der Waals surface area contributed by atoms with E-state index in [0.717, 1.165) is 16.9 Å². The van der Waals surface area contributed by atoms with Crippen LogP contribution in [-0.2, 0) is 4.79 Å². The van der Waals surface area contributed by atoms with Crippen molar-refractivity contribution in [1.82, 2.24) is 5.32 Å². The maximum absolute atomic E-state index is 11.5. The third kappa shape index (κ3) is 3.97. The molecule has 0 aliphatic carbocycles. The van der Waals surface area contributed by atoms with Crippen LogP contribution >= 0.6 is 0 Å². The van der Waals surface area contributed by atoms with Crippen LogP contribution in [0.3, 0.4) is 0 Å². The minimum atomic E-state index is -0.721. The first-order valence-electron chi connectivity index (χ1n) is 7.05. The number of likely N-dealkylation sites (N-methyl/N-ethyl adjacent to an activating group) is 1. The van der Waals surface area contributed by atoms with E-state index in [9.17, 15) is 4.79 Å². The molecule has 4 heteroatoms. The lowest BCUT2D eigenvalue weighted by molar-refractivity contribution is -0.124. The number of ether oxygens (including phenoxy) is 1. The average molecular weight is 278 g/mol. The van der Waals surface area contributed by atoms with Gasteiger partial charge in [0.2, 0.25) is 5.91 Å². The van der Waals surface area contributed by atoms with Gasteiger partial charge in [0, 0.05) is 6.42 Å². The summed E-state index contributed by atoms with van der Waals surface area (Å²) in [6.45, 7) is 11.1. The predicted octanol–water partition coefficient (Wildman–Crippen LogP) is 2.23. The van der Waals surface area contributed by atoms with E-state index in [-0.39, 0.29) is 5.91 Å². The molecule has 0 aliphatic rings. The van der Waals surface area contributed by atoms with Crippen LogP contribution in [0.2, 0.25) is 0 Å². The summed E-state index contributed by atoms with van der Waals surface area (Å²) >= 11 is 0. The molecule has 0 bridgehead atoms. The second-order valence-electron chi connectivity index (χ2n) is 5.55. The zero-order valence-corrected chi connectivity index (χ0v) is 13.2. The van der Waals surface area contributed by atoms with Gasteiger partial charge in [0.1, 0.15) is 5.75 Å². The van der Waals surface area contributed by atoms with Gasteiger partial charge in [0.05, 0.1) is 12.1 Å². The van der Waals surface area contributed by atoms with Gasteiger partial charge in [-0.05, 0) is 45.4 Å². The van der Waals surface area contributed by atoms with Crippen molar-refractivity contribution in [2.24, 2.45) is 5.73 Å². The Morgan fingerprint density at radius 2 is 1.85 bits per heavy atom. The lowest BCUT2D eigenvalue weighted by atomic mass is 9.97. The number of benzene rings is 1. The number of hydrogen-bond acceptors (Lipinski definition) is 3. The summed E-state index contributed by atoms with van der Waals surface area (Å²) in [4.78, 5) is 11.5. The minimum absolute atomic E-state index is 0.347. The SMILES string of the molecule is CCNC(C)(CCOc1c(C)cc(C)cc1C)C(N)=O. The summed E-state index contributed by atoms with van der Waals surface area (Å²) in [6, 6.07) is 4.19. The molecule has 1 aromatic carbocycles. The molecule has 4 nitrogen and oxygen atoms in total. The molecule has 0 radical (unpaired) electrons. The van der Waals surface area contributed by atoms with Gasteiger partial charge < -0.3 is 15.8 Å². The molecular weight excluding hydrogens is 252 g/mol. The first-order valence-corrected chi connectivity index (χ1v) is 7.05. The Balaban J connectivity index is 2.71. The number of aryl methyl sites for hydroxylation is 3. The van der Waals surface area contributed by atoms with Crippen molar-refractivity contribution in [3.8, 4) is 5.75 Å². The molecule has 3 N–H and O–H groups in total. The fraction of sp³-hybridized carbons (Fsp3) is 0.562. The largest absolute Gasteiger partial charge is 0.493 e. The summed E-state index contributed by atoms with van der Waals surface area (Å²) in [5.74, 6) is 0.555. The van der Waals surface area contributed by atoms with Crippen LogP contribution in [0, 0.1) is 20.8 Å². The van der Waals surface area contributed by atoms with E-state index >= 15 is 0 Å². The summed E-state index contributed by atoms with van der Waals surface area (Å²) in [5.41, 5.74) is 8.20. The van der Waals surface area contributed by atoms with E-state index in [1.807, 2.05) is 27.7 Å². The summed E-state index contributed by atoms with van der Waals surface area (Å²) in [5, 5.41) is 3.13. The number of primary amides is 1. The first kappa shape index (κ1) is 16.5. The van der Waals surface area contributed by atoms with E-state index in [1.165, 1.54) is 5.56 Å². The average Bonchev–Trinajstić information content (AvgIpc) is 2.32. The van der Waals surface area contributed by atoms with Crippen LogP contribution in [0.25, 0.3) is 0 Å². The van der Waals surface area contributed by atoms with Gasteiger partial charge in [0.15, 0.2) is 0 Å². The van der Waals surface area contributed by atoms with Gasteiger partial charge in [-0.1, -0.05) is 24.6 Å². The third-order valence-electron chi connectivity index (χ3n) is 3.56.